The number of nitrogens with one attached hydrogen (secondary N) is 1. The number of rotatable bonds is 4. The molecule has 5 heteroatoms. The summed E-state index contributed by atoms with van der Waals surface area (Å²) < 4.78 is 5.29. The monoisotopic (exact) mass is 254 g/mol. The van der Waals surface area contributed by atoms with Gasteiger partial charge >= 0.3 is 0 Å². The molecular formula is C14H14N4O. The van der Waals surface area contributed by atoms with Gasteiger partial charge in [-0.15, -0.1) is 0 Å². The van der Waals surface area contributed by atoms with Gasteiger partial charge in [0.15, 0.2) is 0 Å². The molecule has 5 nitrogen and oxygen atoms in total. The van der Waals surface area contributed by atoms with Crippen LogP contribution in [0.1, 0.15) is 5.76 Å². The average molecular weight is 254 g/mol. The van der Waals surface area contributed by atoms with Gasteiger partial charge in [-0.2, -0.15) is 0 Å². The number of furan rings is 1. The van der Waals surface area contributed by atoms with Crippen LogP contribution in [0.4, 0.5) is 11.5 Å². The molecule has 3 aromatic rings. The van der Waals surface area contributed by atoms with E-state index in [1.54, 1.807) is 12.6 Å². The van der Waals surface area contributed by atoms with Gasteiger partial charge in [0.05, 0.1) is 11.8 Å². The Hall–Kier alpha value is -2.56. The van der Waals surface area contributed by atoms with Crippen LogP contribution in [0.15, 0.2) is 47.3 Å². The largest absolute Gasteiger partial charge is 0.469 e. The van der Waals surface area contributed by atoms with Crippen LogP contribution in [-0.4, -0.2) is 16.5 Å². The number of fused-ring (bicyclic) bond motifs is 1. The number of nitrogen functional groups attached to an aromatic ring is 1. The van der Waals surface area contributed by atoms with Crippen LogP contribution in [0.5, 0.6) is 0 Å². The van der Waals surface area contributed by atoms with Crippen LogP contribution in [-0.2, 0) is 6.42 Å². The van der Waals surface area contributed by atoms with Crippen molar-refractivity contribution >= 4 is 22.4 Å². The molecular weight excluding hydrogens is 240 g/mol. The van der Waals surface area contributed by atoms with E-state index in [1.165, 1.54) is 0 Å². The minimum Gasteiger partial charge on any atom is -0.469 e. The van der Waals surface area contributed by atoms with Crippen molar-refractivity contribution in [1.29, 1.82) is 0 Å². The lowest BCUT2D eigenvalue weighted by molar-refractivity contribution is 0.513. The number of benzene rings is 1. The van der Waals surface area contributed by atoms with Crippen LogP contribution in [0, 0.1) is 0 Å². The zero-order valence-corrected chi connectivity index (χ0v) is 10.3. The molecule has 0 radical (unpaired) electrons. The van der Waals surface area contributed by atoms with Crippen LogP contribution in [0.2, 0.25) is 0 Å². The van der Waals surface area contributed by atoms with Crippen molar-refractivity contribution in [3.05, 3.63) is 48.7 Å². The van der Waals surface area contributed by atoms with Crippen LogP contribution >= 0.6 is 0 Å². The standard InChI is InChI=1S/C14H14N4O/c15-10-3-4-13-12(8-10)14(18-9-17-13)16-6-5-11-2-1-7-19-11/h1-4,7-9H,5-6,15H2,(H,16,17,18). The number of anilines is 2. The maximum absolute atomic E-state index is 5.80. The molecule has 2 aromatic heterocycles. The Morgan fingerprint density at radius 1 is 1.21 bits per heavy atom. The number of aromatic nitrogens is 2. The summed E-state index contributed by atoms with van der Waals surface area (Å²) in [5, 5.41) is 4.22. The number of hydrogen-bond donors (Lipinski definition) is 2. The van der Waals surface area contributed by atoms with E-state index in [-0.39, 0.29) is 0 Å². The van der Waals surface area contributed by atoms with Gasteiger partial charge in [0, 0.05) is 24.0 Å². The van der Waals surface area contributed by atoms with Crippen molar-refractivity contribution in [3.8, 4) is 0 Å². The average Bonchev–Trinajstić information content (AvgIpc) is 2.92. The van der Waals surface area contributed by atoms with Crippen molar-refractivity contribution in [2.24, 2.45) is 0 Å². The zero-order valence-electron chi connectivity index (χ0n) is 10.3. The Labute approximate surface area is 110 Å². The first-order chi connectivity index (χ1) is 9.33. The second-order valence-corrected chi connectivity index (χ2v) is 4.26. The topological polar surface area (TPSA) is 77.0 Å². The molecule has 0 fully saturated rings. The van der Waals surface area contributed by atoms with Crippen LogP contribution in [0.25, 0.3) is 10.9 Å². The maximum Gasteiger partial charge on any atom is 0.137 e. The first-order valence-corrected chi connectivity index (χ1v) is 6.09. The highest BCUT2D eigenvalue weighted by Gasteiger charge is 2.04. The van der Waals surface area contributed by atoms with Crippen molar-refractivity contribution < 1.29 is 4.42 Å². The summed E-state index contributed by atoms with van der Waals surface area (Å²) in [5.41, 5.74) is 7.38. The molecule has 19 heavy (non-hydrogen) atoms. The normalized spacial score (nSPS) is 10.7. The summed E-state index contributed by atoms with van der Waals surface area (Å²) >= 11 is 0. The molecule has 3 rings (SSSR count). The van der Waals surface area contributed by atoms with Gasteiger partial charge in [-0.1, -0.05) is 0 Å². The maximum atomic E-state index is 5.80. The van der Waals surface area contributed by atoms with Crippen molar-refractivity contribution in [2.45, 2.75) is 6.42 Å². The van der Waals surface area contributed by atoms with Crippen molar-refractivity contribution in [2.75, 3.05) is 17.6 Å². The molecule has 0 aliphatic heterocycles. The minimum absolute atomic E-state index is 0.705. The first kappa shape index (κ1) is 11.5. The van der Waals surface area contributed by atoms with Gasteiger partial charge in [-0.05, 0) is 30.3 Å². The highest BCUT2D eigenvalue weighted by molar-refractivity contribution is 5.91. The lowest BCUT2D eigenvalue weighted by Gasteiger charge is -2.07. The Morgan fingerprint density at radius 3 is 3.00 bits per heavy atom. The fourth-order valence-electron chi connectivity index (χ4n) is 1.97. The predicted molar refractivity (Wildman–Crippen MR) is 74.9 cm³/mol. The first-order valence-electron chi connectivity index (χ1n) is 6.09. The van der Waals surface area contributed by atoms with E-state index in [0.29, 0.717) is 5.69 Å². The second kappa shape index (κ2) is 4.97. The molecule has 0 unspecified atom stereocenters. The third kappa shape index (κ3) is 2.49. The molecule has 0 aliphatic rings. The van der Waals surface area contributed by atoms with E-state index in [9.17, 15) is 0 Å². The van der Waals surface area contributed by atoms with Gasteiger partial charge in [0.25, 0.3) is 0 Å². The Morgan fingerprint density at radius 2 is 2.16 bits per heavy atom. The second-order valence-electron chi connectivity index (χ2n) is 4.26. The Kier molecular flexibility index (Phi) is 3.02. The molecule has 96 valence electrons. The predicted octanol–water partition coefficient (Wildman–Crippen LogP) is 2.46. The minimum atomic E-state index is 0.705. The summed E-state index contributed by atoms with van der Waals surface area (Å²) in [6.45, 7) is 0.744. The molecule has 2 heterocycles. The van der Waals surface area contributed by atoms with Crippen molar-refractivity contribution in [3.63, 3.8) is 0 Å². The van der Waals surface area contributed by atoms with Gasteiger partial charge in [-0.25, -0.2) is 9.97 Å². The molecule has 0 aliphatic carbocycles. The molecule has 0 atom stereocenters. The summed E-state index contributed by atoms with van der Waals surface area (Å²) in [6.07, 6.45) is 4.03. The number of nitrogens with two attached hydrogens (primary N) is 1. The summed E-state index contributed by atoms with van der Waals surface area (Å²) in [7, 11) is 0. The number of hydrogen-bond acceptors (Lipinski definition) is 5. The van der Waals surface area contributed by atoms with Crippen LogP contribution < -0.4 is 11.1 Å². The molecule has 3 N–H and O–H groups in total. The quantitative estimate of drug-likeness (QED) is 0.699. The SMILES string of the molecule is Nc1ccc2ncnc(NCCc3ccco3)c2c1. The third-order valence-corrected chi connectivity index (χ3v) is 2.90. The van der Waals surface area contributed by atoms with E-state index in [2.05, 4.69) is 15.3 Å². The molecule has 0 spiro atoms. The van der Waals surface area contributed by atoms with E-state index < -0.39 is 0 Å². The lowest BCUT2D eigenvalue weighted by atomic mass is 10.2. The zero-order chi connectivity index (χ0) is 13.1. The third-order valence-electron chi connectivity index (χ3n) is 2.90. The summed E-state index contributed by atoms with van der Waals surface area (Å²) in [4.78, 5) is 8.47. The van der Waals surface area contributed by atoms with Crippen LogP contribution in [0.3, 0.4) is 0 Å². The van der Waals surface area contributed by atoms with Gasteiger partial charge < -0.3 is 15.5 Å². The van der Waals surface area contributed by atoms with E-state index >= 15 is 0 Å². The lowest BCUT2D eigenvalue weighted by Crippen LogP contribution is -2.06. The fourth-order valence-corrected chi connectivity index (χ4v) is 1.97. The van der Waals surface area contributed by atoms with Gasteiger partial charge in [0.1, 0.15) is 17.9 Å². The smallest absolute Gasteiger partial charge is 0.137 e. The van der Waals surface area contributed by atoms with E-state index in [0.717, 1.165) is 35.4 Å². The highest BCUT2D eigenvalue weighted by atomic mass is 16.3. The fraction of sp³-hybridized carbons (Fsp3) is 0.143. The number of nitrogens with zero attached hydrogens (tertiary/aromatic N) is 2. The van der Waals surface area contributed by atoms with E-state index in [4.69, 9.17) is 10.2 Å². The Balaban J connectivity index is 1.78. The van der Waals surface area contributed by atoms with E-state index in [1.807, 2.05) is 30.3 Å². The molecule has 0 bridgehead atoms. The molecule has 0 saturated heterocycles. The highest BCUT2D eigenvalue weighted by Crippen LogP contribution is 2.21. The van der Waals surface area contributed by atoms with Crippen molar-refractivity contribution in [1.82, 2.24) is 9.97 Å². The molecule has 0 amide bonds. The molecule has 1 aromatic carbocycles. The van der Waals surface area contributed by atoms with Gasteiger partial charge in [-0.3, -0.25) is 0 Å². The molecule has 0 saturated carbocycles. The summed E-state index contributed by atoms with van der Waals surface area (Å²) in [6, 6.07) is 9.45. The Bertz CT molecular complexity index is 679. The summed E-state index contributed by atoms with van der Waals surface area (Å²) in [5.74, 6) is 1.74. The van der Waals surface area contributed by atoms with Gasteiger partial charge in [0.2, 0.25) is 0 Å².